The van der Waals surface area contributed by atoms with Crippen molar-refractivity contribution in [3.63, 3.8) is 0 Å². The molecule has 0 aliphatic carbocycles. The van der Waals surface area contributed by atoms with Crippen LogP contribution in [0.2, 0.25) is 0 Å². The summed E-state index contributed by atoms with van der Waals surface area (Å²) in [6.07, 6.45) is 3.10. The van der Waals surface area contributed by atoms with Crippen LogP contribution in [0.3, 0.4) is 0 Å². The zero-order valence-electron chi connectivity index (χ0n) is 6.92. The predicted octanol–water partition coefficient (Wildman–Crippen LogP) is 0.595. The van der Waals surface area contributed by atoms with E-state index < -0.39 is 0 Å². The zero-order valence-corrected chi connectivity index (χ0v) is 7.73. The minimum absolute atomic E-state index is 0.647. The summed E-state index contributed by atoms with van der Waals surface area (Å²) in [5.41, 5.74) is 0. The first-order valence-corrected chi connectivity index (χ1v) is 5.15. The van der Waals surface area contributed by atoms with Gasteiger partial charge in [-0.3, -0.25) is 0 Å². The van der Waals surface area contributed by atoms with Gasteiger partial charge in [-0.1, -0.05) is 0 Å². The number of rotatable bonds is 3. The lowest BCUT2D eigenvalue weighted by molar-refractivity contribution is 0.546. The van der Waals surface area contributed by atoms with Gasteiger partial charge in [0.15, 0.2) is 0 Å². The highest BCUT2D eigenvalue weighted by Gasteiger charge is 2.13. The van der Waals surface area contributed by atoms with Gasteiger partial charge < -0.3 is 10.6 Å². The summed E-state index contributed by atoms with van der Waals surface area (Å²) in [6, 6.07) is 0.647. The molecule has 3 nitrogen and oxygen atoms in total. The van der Waals surface area contributed by atoms with Crippen molar-refractivity contribution in [2.24, 2.45) is 0 Å². The third kappa shape index (κ3) is 2.03. The standard InChI is InChI=1S/C8H13N3S/c1-2-9-5-7(1)11-6-8-10-3-4-12-8/h3-4,7,9,11H,1-2,5-6H2/t7-/m0/s1. The van der Waals surface area contributed by atoms with Crippen molar-refractivity contribution < 1.29 is 0 Å². The quantitative estimate of drug-likeness (QED) is 0.720. The van der Waals surface area contributed by atoms with Crippen LogP contribution in [-0.4, -0.2) is 24.1 Å². The summed E-state index contributed by atoms with van der Waals surface area (Å²) in [5.74, 6) is 0. The molecule has 2 rings (SSSR count). The number of aromatic nitrogens is 1. The molecule has 2 N–H and O–H groups in total. The average Bonchev–Trinajstić information content (AvgIpc) is 2.74. The molecule has 1 atom stereocenters. The Hall–Kier alpha value is -0.450. The third-order valence-electron chi connectivity index (χ3n) is 2.09. The number of nitrogens with zero attached hydrogens (tertiary/aromatic N) is 1. The summed E-state index contributed by atoms with van der Waals surface area (Å²) in [7, 11) is 0. The summed E-state index contributed by atoms with van der Waals surface area (Å²) in [4.78, 5) is 4.21. The van der Waals surface area contributed by atoms with Gasteiger partial charge >= 0.3 is 0 Å². The molecule has 1 aliphatic heterocycles. The highest BCUT2D eigenvalue weighted by molar-refractivity contribution is 7.09. The molecule has 2 heterocycles. The first kappa shape index (κ1) is 8.16. The molecule has 12 heavy (non-hydrogen) atoms. The summed E-state index contributed by atoms with van der Waals surface area (Å²) >= 11 is 1.71. The van der Waals surface area contributed by atoms with Crippen molar-refractivity contribution in [1.82, 2.24) is 15.6 Å². The molecule has 1 aromatic rings. The van der Waals surface area contributed by atoms with Gasteiger partial charge in [-0.2, -0.15) is 0 Å². The van der Waals surface area contributed by atoms with Crippen LogP contribution in [0.5, 0.6) is 0 Å². The topological polar surface area (TPSA) is 37.0 Å². The van der Waals surface area contributed by atoms with Crippen molar-refractivity contribution in [3.05, 3.63) is 16.6 Å². The molecular weight excluding hydrogens is 170 g/mol. The van der Waals surface area contributed by atoms with Gasteiger partial charge in [0.2, 0.25) is 0 Å². The highest BCUT2D eigenvalue weighted by atomic mass is 32.1. The van der Waals surface area contributed by atoms with E-state index in [0.29, 0.717) is 6.04 Å². The highest BCUT2D eigenvalue weighted by Crippen LogP contribution is 2.04. The fourth-order valence-electron chi connectivity index (χ4n) is 1.40. The Labute approximate surface area is 76.2 Å². The second-order valence-corrected chi connectivity index (χ2v) is 3.98. The van der Waals surface area contributed by atoms with E-state index >= 15 is 0 Å². The van der Waals surface area contributed by atoms with Gasteiger partial charge in [-0.15, -0.1) is 11.3 Å². The molecule has 0 radical (unpaired) electrons. The van der Waals surface area contributed by atoms with E-state index in [1.807, 2.05) is 11.6 Å². The fourth-order valence-corrected chi connectivity index (χ4v) is 1.97. The molecule has 1 saturated heterocycles. The molecule has 1 fully saturated rings. The van der Waals surface area contributed by atoms with Crippen molar-refractivity contribution in [2.75, 3.05) is 13.1 Å². The van der Waals surface area contributed by atoms with Gasteiger partial charge in [-0.05, 0) is 13.0 Å². The molecule has 0 aromatic carbocycles. The molecule has 0 amide bonds. The van der Waals surface area contributed by atoms with Crippen LogP contribution >= 0.6 is 11.3 Å². The number of nitrogens with one attached hydrogen (secondary N) is 2. The predicted molar refractivity (Wildman–Crippen MR) is 50.2 cm³/mol. The molecule has 4 heteroatoms. The van der Waals surface area contributed by atoms with Crippen LogP contribution < -0.4 is 10.6 Å². The monoisotopic (exact) mass is 183 g/mol. The summed E-state index contributed by atoms with van der Waals surface area (Å²) < 4.78 is 0. The Morgan fingerprint density at radius 1 is 1.75 bits per heavy atom. The number of hydrogen-bond acceptors (Lipinski definition) is 4. The lowest BCUT2D eigenvalue weighted by atomic mass is 10.3. The van der Waals surface area contributed by atoms with Gasteiger partial charge in [0.05, 0.1) is 0 Å². The van der Waals surface area contributed by atoms with Crippen molar-refractivity contribution in [2.45, 2.75) is 19.0 Å². The van der Waals surface area contributed by atoms with Crippen LogP contribution in [0.1, 0.15) is 11.4 Å². The molecule has 1 aliphatic rings. The zero-order chi connectivity index (χ0) is 8.23. The van der Waals surface area contributed by atoms with Crippen molar-refractivity contribution in [1.29, 1.82) is 0 Å². The SMILES string of the molecule is c1csc(CN[C@H]2CCNC2)n1. The lowest BCUT2D eigenvalue weighted by Gasteiger charge is -2.08. The maximum Gasteiger partial charge on any atom is 0.106 e. The number of hydrogen-bond donors (Lipinski definition) is 2. The molecule has 0 saturated carbocycles. The Bertz CT molecular complexity index is 216. The Kier molecular flexibility index (Phi) is 2.71. The van der Waals surface area contributed by atoms with E-state index in [1.165, 1.54) is 11.4 Å². The normalized spacial score (nSPS) is 23.2. The molecule has 0 unspecified atom stereocenters. The molecule has 1 aromatic heterocycles. The first-order valence-electron chi connectivity index (χ1n) is 4.27. The van der Waals surface area contributed by atoms with E-state index in [2.05, 4.69) is 15.6 Å². The van der Waals surface area contributed by atoms with E-state index in [9.17, 15) is 0 Å². The van der Waals surface area contributed by atoms with Crippen LogP contribution in [0.4, 0.5) is 0 Å². The molecule has 0 bridgehead atoms. The largest absolute Gasteiger partial charge is 0.315 e. The molecule has 0 spiro atoms. The Morgan fingerprint density at radius 2 is 2.75 bits per heavy atom. The second kappa shape index (κ2) is 3.98. The second-order valence-electron chi connectivity index (χ2n) is 3.00. The molecular formula is C8H13N3S. The van der Waals surface area contributed by atoms with E-state index in [0.717, 1.165) is 19.6 Å². The smallest absolute Gasteiger partial charge is 0.106 e. The van der Waals surface area contributed by atoms with Gasteiger partial charge in [0, 0.05) is 30.7 Å². The lowest BCUT2D eigenvalue weighted by Crippen LogP contribution is -2.30. The van der Waals surface area contributed by atoms with Crippen LogP contribution in [0.25, 0.3) is 0 Å². The van der Waals surface area contributed by atoms with Gasteiger partial charge in [-0.25, -0.2) is 4.98 Å². The minimum Gasteiger partial charge on any atom is -0.315 e. The van der Waals surface area contributed by atoms with Gasteiger partial charge in [0.25, 0.3) is 0 Å². The summed E-state index contributed by atoms with van der Waals surface area (Å²) in [6.45, 7) is 3.17. The average molecular weight is 183 g/mol. The third-order valence-corrected chi connectivity index (χ3v) is 2.87. The van der Waals surface area contributed by atoms with Crippen LogP contribution in [0, 0.1) is 0 Å². The maximum atomic E-state index is 4.21. The Balaban J connectivity index is 1.74. The maximum absolute atomic E-state index is 4.21. The molecule has 66 valence electrons. The van der Waals surface area contributed by atoms with E-state index in [-0.39, 0.29) is 0 Å². The Morgan fingerprint density at radius 3 is 3.42 bits per heavy atom. The fraction of sp³-hybridized carbons (Fsp3) is 0.625. The van der Waals surface area contributed by atoms with Crippen LogP contribution in [0.15, 0.2) is 11.6 Å². The van der Waals surface area contributed by atoms with Crippen molar-refractivity contribution >= 4 is 11.3 Å². The first-order chi connectivity index (χ1) is 5.95. The number of thiazole rings is 1. The van der Waals surface area contributed by atoms with Crippen LogP contribution in [-0.2, 0) is 6.54 Å². The van der Waals surface area contributed by atoms with Gasteiger partial charge in [0.1, 0.15) is 5.01 Å². The van der Waals surface area contributed by atoms with E-state index in [4.69, 9.17) is 0 Å². The van der Waals surface area contributed by atoms with Crippen molar-refractivity contribution in [3.8, 4) is 0 Å². The van der Waals surface area contributed by atoms with E-state index in [1.54, 1.807) is 11.3 Å². The minimum atomic E-state index is 0.647. The summed E-state index contributed by atoms with van der Waals surface area (Å²) in [5, 5.41) is 9.99.